The molecule has 0 unspecified atom stereocenters. The maximum Gasteiger partial charge on any atom is 0.337 e. The Balaban J connectivity index is 2.47. The van der Waals surface area contributed by atoms with E-state index in [1.165, 1.54) is 13.3 Å². The van der Waals surface area contributed by atoms with Crippen molar-refractivity contribution < 1.29 is 14.3 Å². The lowest BCUT2D eigenvalue weighted by Gasteiger charge is -2.00. The SMILES string of the molecule is COC(=O)c1ccc2c(c1)N=CC2=O. The van der Waals surface area contributed by atoms with Gasteiger partial charge in [-0.2, -0.15) is 0 Å². The molecule has 1 aliphatic heterocycles. The zero-order chi connectivity index (χ0) is 10.1. The highest BCUT2D eigenvalue weighted by atomic mass is 16.5. The second-order valence-corrected chi connectivity index (χ2v) is 2.85. The molecule has 0 bridgehead atoms. The summed E-state index contributed by atoms with van der Waals surface area (Å²) in [5.41, 5.74) is 1.45. The van der Waals surface area contributed by atoms with Gasteiger partial charge >= 0.3 is 5.97 Å². The van der Waals surface area contributed by atoms with E-state index in [9.17, 15) is 9.59 Å². The van der Waals surface area contributed by atoms with Gasteiger partial charge in [0.05, 0.1) is 24.6 Å². The Kier molecular flexibility index (Phi) is 1.89. The molecule has 0 N–H and O–H groups in total. The first-order chi connectivity index (χ1) is 6.72. The molecule has 0 spiro atoms. The van der Waals surface area contributed by atoms with Gasteiger partial charge in [0, 0.05) is 5.56 Å². The molecule has 2 rings (SSSR count). The fourth-order valence-corrected chi connectivity index (χ4v) is 1.29. The number of carbonyl (C=O) groups is 2. The molecular formula is C10H7NO3. The van der Waals surface area contributed by atoms with Crippen molar-refractivity contribution >= 4 is 23.7 Å². The van der Waals surface area contributed by atoms with Crippen LogP contribution in [0.3, 0.4) is 0 Å². The van der Waals surface area contributed by atoms with E-state index in [0.29, 0.717) is 16.8 Å². The number of aliphatic imine (C=N–C) groups is 1. The average molecular weight is 189 g/mol. The number of ether oxygens (including phenoxy) is 1. The van der Waals surface area contributed by atoms with E-state index in [4.69, 9.17) is 0 Å². The van der Waals surface area contributed by atoms with E-state index in [2.05, 4.69) is 9.73 Å². The lowest BCUT2D eigenvalue weighted by atomic mass is 10.1. The fourth-order valence-electron chi connectivity index (χ4n) is 1.29. The monoisotopic (exact) mass is 189 g/mol. The summed E-state index contributed by atoms with van der Waals surface area (Å²) in [6.45, 7) is 0. The lowest BCUT2D eigenvalue weighted by Crippen LogP contribution is -2.01. The standard InChI is InChI=1S/C10H7NO3/c1-14-10(13)6-2-3-7-8(4-6)11-5-9(7)12/h2-5H,1H3. The molecule has 4 nitrogen and oxygen atoms in total. The predicted molar refractivity (Wildman–Crippen MR) is 50.3 cm³/mol. The van der Waals surface area contributed by atoms with E-state index in [0.717, 1.165) is 0 Å². The average Bonchev–Trinajstić information content (AvgIpc) is 2.59. The minimum atomic E-state index is -0.428. The molecular weight excluding hydrogens is 182 g/mol. The van der Waals surface area contributed by atoms with Crippen LogP contribution >= 0.6 is 0 Å². The summed E-state index contributed by atoms with van der Waals surface area (Å²) < 4.78 is 4.55. The Bertz CT molecular complexity index is 449. The molecule has 70 valence electrons. The number of benzene rings is 1. The molecule has 0 atom stereocenters. The summed E-state index contributed by atoms with van der Waals surface area (Å²) in [6, 6.07) is 4.68. The van der Waals surface area contributed by atoms with Crippen LogP contribution in [0.5, 0.6) is 0 Å². The van der Waals surface area contributed by atoms with Crippen molar-refractivity contribution in [1.82, 2.24) is 0 Å². The molecule has 0 amide bonds. The number of methoxy groups -OCH3 is 1. The van der Waals surface area contributed by atoms with Crippen LogP contribution in [0.15, 0.2) is 23.2 Å². The molecule has 0 saturated carbocycles. The third-order valence-corrected chi connectivity index (χ3v) is 2.01. The van der Waals surface area contributed by atoms with Crippen LogP contribution in [0.4, 0.5) is 5.69 Å². The van der Waals surface area contributed by atoms with Gasteiger partial charge in [-0.25, -0.2) is 4.79 Å². The molecule has 0 aliphatic carbocycles. The van der Waals surface area contributed by atoms with Crippen molar-refractivity contribution in [3.63, 3.8) is 0 Å². The number of hydrogen-bond donors (Lipinski definition) is 0. The summed E-state index contributed by atoms with van der Waals surface area (Å²) in [4.78, 5) is 26.2. The number of hydrogen-bond acceptors (Lipinski definition) is 4. The maximum absolute atomic E-state index is 11.2. The van der Waals surface area contributed by atoms with Crippen LogP contribution < -0.4 is 0 Å². The normalized spacial score (nSPS) is 12.8. The van der Waals surface area contributed by atoms with Gasteiger partial charge in [-0.1, -0.05) is 0 Å². The number of Topliss-reactive ketones (excluding diaryl/α,β-unsaturated/α-hetero) is 1. The van der Waals surface area contributed by atoms with Crippen LogP contribution in [0, 0.1) is 0 Å². The highest BCUT2D eigenvalue weighted by Crippen LogP contribution is 2.25. The summed E-state index contributed by atoms with van der Waals surface area (Å²) in [5.74, 6) is -0.557. The summed E-state index contributed by atoms with van der Waals surface area (Å²) in [7, 11) is 1.31. The molecule has 4 heteroatoms. The molecule has 1 aromatic carbocycles. The van der Waals surface area contributed by atoms with Gasteiger partial charge in [-0.3, -0.25) is 9.79 Å². The predicted octanol–water partition coefficient (Wildman–Crippen LogP) is 1.37. The van der Waals surface area contributed by atoms with Crippen LogP contribution in [0.25, 0.3) is 0 Å². The smallest absolute Gasteiger partial charge is 0.337 e. The van der Waals surface area contributed by atoms with Gasteiger partial charge in [-0.15, -0.1) is 0 Å². The van der Waals surface area contributed by atoms with Crippen LogP contribution in [-0.4, -0.2) is 25.1 Å². The van der Waals surface area contributed by atoms with Crippen molar-refractivity contribution in [2.45, 2.75) is 0 Å². The Morgan fingerprint density at radius 3 is 2.93 bits per heavy atom. The first-order valence-electron chi connectivity index (χ1n) is 4.03. The van der Waals surface area contributed by atoms with Crippen molar-refractivity contribution in [2.24, 2.45) is 4.99 Å². The number of fused-ring (bicyclic) bond motifs is 1. The van der Waals surface area contributed by atoms with Gasteiger partial charge in [0.25, 0.3) is 0 Å². The first-order valence-corrected chi connectivity index (χ1v) is 4.03. The van der Waals surface area contributed by atoms with Crippen LogP contribution in [0.2, 0.25) is 0 Å². The fraction of sp³-hybridized carbons (Fsp3) is 0.100. The molecule has 1 heterocycles. The number of rotatable bonds is 1. The molecule has 1 aromatic rings. The second-order valence-electron chi connectivity index (χ2n) is 2.85. The Hall–Kier alpha value is -1.97. The van der Waals surface area contributed by atoms with E-state index >= 15 is 0 Å². The van der Waals surface area contributed by atoms with Gasteiger partial charge in [0.1, 0.15) is 0 Å². The number of nitrogens with zero attached hydrogens (tertiary/aromatic N) is 1. The molecule has 0 saturated heterocycles. The highest BCUT2D eigenvalue weighted by molar-refractivity contribution is 6.40. The Morgan fingerprint density at radius 1 is 1.43 bits per heavy atom. The van der Waals surface area contributed by atoms with Crippen molar-refractivity contribution in [3.05, 3.63) is 29.3 Å². The second kappa shape index (κ2) is 3.06. The zero-order valence-electron chi connectivity index (χ0n) is 7.48. The van der Waals surface area contributed by atoms with Crippen molar-refractivity contribution in [2.75, 3.05) is 7.11 Å². The number of carbonyl (C=O) groups excluding carboxylic acids is 2. The zero-order valence-corrected chi connectivity index (χ0v) is 7.48. The molecule has 0 radical (unpaired) electrons. The topological polar surface area (TPSA) is 55.7 Å². The summed E-state index contributed by atoms with van der Waals surface area (Å²) in [5, 5.41) is 0. The maximum atomic E-state index is 11.2. The largest absolute Gasteiger partial charge is 0.465 e. The minimum Gasteiger partial charge on any atom is -0.465 e. The third kappa shape index (κ3) is 1.21. The Labute approximate surface area is 80.2 Å². The third-order valence-electron chi connectivity index (χ3n) is 2.01. The number of ketones is 1. The molecule has 0 fully saturated rings. The van der Waals surface area contributed by atoms with E-state index in [-0.39, 0.29) is 5.78 Å². The molecule has 14 heavy (non-hydrogen) atoms. The Morgan fingerprint density at radius 2 is 2.21 bits per heavy atom. The first kappa shape index (κ1) is 8.62. The minimum absolute atomic E-state index is 0.128. The summed E-state index contributed by atoms with van der Waals surface area (Å²) >= 11 is 0. The molecule has 0 aromatic heterocycles. The number of esters is 1. The van der Waals surface area contributed by atoms with Gasteiger partial charge < -0.3 is 4.74 Å². The highest BCUT2D eigenvalue weighted by Gasteiger charge is 2.17. The van der Waals surface area contributed by atoms with Gasteiger partial charge in [0.2, 0.25) is 5.78 Å². The lowest BCUT2D eigenvalue weighted by molar-refractivity contribution is 0.0600. The van der Waals surface area contributed by atoms with E-state index in [1.54, 1.807) is 18.2 Å². The quantitative estimate of drug-likeness (QED) is 0.627. The summed E-state index contributed by atoms with van der Waals surface area (Å²) in [6.07, 6.45) is 1.24. The van der Waals surface area contributed by atoms with Crippen molar-refractivity contribution in [3.8, 4) is 0 Å². The van der Waals surface area contributed by atoms with Crippen LogP contribution in [0.1, 0.15) is 20.7 Å². The van der Waals surface area contributed by atoms with E-state index in [1.807, 2.05) is 0 Å². The van der Waals surface area contributed by atoms with Crippen LogP contribution in [-0.2, 0) is 4.74 Å². The van der Waals surface area contributed by atoms with Gasteiger partial charge in [0.15, 0.2) is 0 Å². The molecule has 1 aliphatic rings. The van der Waals surface area contributed by atoms with Gasteiger partial charge in [-0.05, 0) is 18.2 Å². The van der Waals surface area contributed by atoms with E-state index < -0.39 is 5.97 Å². The van der Waals surface area contributed by atoms with Crippen molar-refractivity contribution in [1.29, 1.82) is 0 Å².